The van der Waals surface area contributed by atoms with Crippen molar-refractivity contribution in [3.63, 3.8) is 0 Å². The lowest BCUT2D eigenvalue weighted by molar-refractivity contribution is 0.677. The highest BCUT2D eigenvalue weighted by Gasteiger charge is 2.15. The number of benzene rings is 1. The molecule has 0 saturated carbocycles. The van der Waals surface area contributed by atoms with E-state index in [1.165, 1.54) is 29.0 Å². The van der Waals surface area contributed by atoms with Crippen molar-refractivity contribution in [1.82, 2.24) is 0 Å². The van der Waals surface area contributed by atoms with Crippen molar-refractivity contribution >= 4 is 17.4 Å². The van der Waals surface area contributed by atoms with Gasteiger partial charge in [-0.1, -0.05) is 12.1 Å². The largest absolute Gasteiger partial charge is 0.381 e. The summed E-state index contributed by atoms with van der Waals surface area (Å²) in [7, 11) is 0. The van der Waals surface area contributed by atoms with E-state index in [4.69, 9.17) is 0 Å². The van der Waals surface area contributed by atoms with Crippen molar-refractivity contribution in [2.75, 3.05) is 11.6 Å². The lowest BCUT2D eigenvalue weighted by Crippen LogP contribution is -2.22. The fourth-order valence-electron chi connectivity index (χ4n) is 1.81. The monoisotopic (exact) mass is 193 g/mol. The number of thioether (sulfide) groups is 1. The molecular weight excluding hydrogens is 178 g/mol. The van der Waals surface area contributed by atoms with Crippen LogP contribution in [0, 0.1) is 0 Å². The molecule has 70 valence electrons. The van der Waals surface area contributed by atoms with E-state index >= 15 is 0 Å². The van der Waals surface area contributed by atoms with Crippen LogP contribution in [0.4, 0.5) is 5.69 Å². The van der Waals surface area contributed by atoms with Crippen LogP contribution in [0.15, 0.2) is 23.1 Å². The Morgan fingerprint density at radius 2 is 2.31 bits per heavy atom. The molecule has 0 unspecified atom stereocenters. The predicted octanol–water partition coefficient (Wildman–Crippen LogP) is 3.16. The molecule has 0 bridgehead atoms. The average Bonchev–Trinajstić information content (AvgIpc) is 2.17. The summed E-state index contributed by atoms with van der Waals surface area (Å²) in [5, 5.41) is 3.56. The predicted molar refractivity (Wildman–Crippen MR) is 59.6 cm³/mol. The van der Waals surface area contributed by atoms with E-state index in [0.29, 0.717) is 6.04 Å². The Morgan fingerprint density at radius 1 is 1.46 bits per heavy atom. The van der Waals surface area contributed by atoms with E-state index in [2.05, 4.69) is 36.7 Å². The molecule has 0 radical (unpaired) electrons. The van der Waals surface area contributed by atoms with Crippen molar-refractivity contribution in [3.8, 4) is 0 Å². The smallest absolute Gasteiger partial charge is 0.0512 e. The molecule has 0 aliphatic carbocycles. The van der Waals surface area contributed by atoms with Gasteiger partial charge in [-0.3, -0.25) is 0 Å². The summed E-state index contributed by atoms with van der Waals surface area (Å²) in [6, 6.07) is 7.20. The van der Waals surface area contributed by atoms with Gasteiger partial charge in [0.15, 0.2) is 0 Å². The van der Waals surface area contributed by atoms with Crippen molar-refractivity contribution in [3.05, 3.63) is 23.8 Å². The topological polar surface area (TPSA) is 12.0 Å². The van der Waals surface area contributed by atoms with Gasteiger partial charge in [-0.2, -0.15) is 0 Å². The van der Waals surface area contributed by atoms with Crippen molar-refractivity contribution in [2.45, 2.75) is 30.7 Å². The first-order chi connectivity index (χ1) is 6.31. The molecule has 1 aromatic carbocycles. The number of hydrogen-bond acceptors (Lipinski definition) is 2. The van der Waals surface area contributed by atoms with Crippen LogP contribution in [-0.2, 0) is 6.42 Å². The van der Waals surface area contributed by atoms with Gasteiger partial charge in [0.1, 0.15) is 0 Å². The number of nitrogens with one attached hydrogen (secondary N) is 1. The number of aryl methyl sites for hydroxylation is 1. The maximum atomic E-state index is 3.56. The van der Waals surface area contributed by atoms with E-state index in [1.807, 2.05) is 11.8 Å². The molecule has 13 heavy (non-hydrogen) atoms. The van der Waals surface area contributed by atoms with E-state index < -0.39 is 0 Å². The van der Waals surface area contributed by atoms with Crippen LogP contribution in [-0.4, -0.2) is 12.3 Å². The van der Waals surface area contributed by atoms with Gasteiger partial charge in [0.05, 0.1) is 5.69 Å². The van der Waals surface area contributed by atoms with Gasteiger partial charge >= 0.3 is 0 Å². The molecule has 0 amide bonds. The summed E-state index contributed by atoms with van der Waals surface area (Å²) in [5.74, 6) is 0. The second kappa shape index (κ2) is 3.62. The number of hydrogen-bond donors (Lipinski definition) is 1. The number of fused-ring (bicyclic) bond motifs is 1. The van der Waals surface area contributed by atoms with Crippen LogP contribution in [0.5, 0.6) is 0 Å². The maximum absolute atomic E-state index is 3.56. The summed E-state index contributed by atoms with van der Waals surface area (Å²) in [4.78, 5) is 1.38. The van der Waals surface area contributed by atoms with Gasteiger partial charge < -0.3 is 5.32 Å². The summed E-state index contributed by atoms with van der Waals surface area (Å²) in [6.45, 7) is 2.25. The van der Waals surface area contributed by atoms with Gasteiger partial charge in [-0.15, -0.1) is 11.8 Å². The Bertz CT molecular complexity index is 295. The Balaban J connectivity index is 2.41. The van der Waals surface area contributed by atoms with E-state index in [1.54, 1.807) is 0 Å². The third kappa shape index (κ3) is 1.68. The maximum Gasteiger partial charge on any atom is 0.0512 e. The molecule has 1 heterocycles. The first-order valence-corrected chi connectivity index (χ1v) is 5.96. The highest BCUT2D eigenvalue weighted by molar-refractivity contribution is 7.98. The molecule has 2 heteroatoms. The van der Waals surface area contributed by atoms with E-state index in [0.717, 1.165) is 0 Å². The standard InChI is InChI=1S/C11H15NS/c1-8-6-7-9-4-3-5-10(13-2)11(9)12-8/h3-5,8,12H,6-7H2,1-2H3/t8-/m0/s1. The lowest BCUT2D eigenvalue weighted by atomic mass is 9.99. The van der Waals surface area contributed by atoms with Crippen molar-refractivity contribution < 1.29 is 0 Å². The molecule has 1 nitrogen and oxygen atoms in total. The number of anilines is 1. The summed E-state index contributed by atoms with van der Waals surface area (Å²) in [6.07, 6.45) is 4.61. The SMILES string of the molecule is CSc1cccc2c1N[C@@H](C)CC2. The highest BCUT2D eigenvalue weighted by atomic mass is 32.2. The molecule has 0 spiro atoms. The van der Waals surface area contributed by atoms with Crippen molar-refractivity contribution in [1.29, 1.82) is 0 Å². The summed E-state index contributed by atoms with van der Waals surface area (Å²) in [5.41, 5.74) is 2.85. The lowest BCUT2D eigenvalue weighted by Gasteiger charge is -2.25. The van der Waals surface area contributed by atoms with Gasteiger partial charge in [-0.05, 0) is 37.7 Å². The van der Waals surface area contributed by atoms with Crippen molar-refractivity contribution in [2.24, 2.45) is 0 Å². The van der Waals surface area contributed by atoms with E-state index in [9.17, 15) is 0 Å². The van der Waals surface area contributed by atoms with Crippen LogP contribution < -0.4 is 5.32 Å². The number of para-hydroxylation sites is 1. The number of rotatable bonds is 1. The third-order valence-electron chi connectivity index (χ3n) is 2.57. The van der Waals surface area contributed by atoms with Gasteiger partial charge in [0, 0.05) is 10.9 Å². The van der Waals surface area contributed by atoms with Crippen LogP contribution in [0.2, 0.25) is 0 Å². The molecule has 1 aromatic rings. The fraction of sp³-hybridized carbons (Fsp3) is 0.455. The Kier molecular flexibility index (Phi) is 2.49. The Morgan fingerprint density at radius 3 is 3.08 bits per heavy atom. The normalized spacial score (nSPS) is 20.6. The van der Waals surface area contributed by atoms with Gasteiger partial charge in [-0.25, -0.2) is 0 Å². The average molecular weight is 193 g/mol. The molecule has 0 aromatic heterocycles. The van der Waals surface area contributed by atoms with Crippen LogP contribution in [0.3, 0.4) is 0 Å². The fourth-order valence-corrected chi connectivity index (χ4v) is 2.42. The quantitative estimate of drug-likeness (QED) is 0.688. The Hall–Kier alpha value is -0.630. The molecule has 1 atom stereocenters. The zero-order valence-corrected chi connectivity index (χ0v) is 8.95. The zero-order chi connectivity index (χ0) is 9.26. The van der Waals surface area contributed by atoms with Gasteiger partial charge in [0.2, 0.25) is 0 Å². The van der Waals surface area contributed by atoms with Crippen LogP contribution in [0.25, 0.3) is 0 Å². The first-order valence-electron chi connectivity index (χ1n) is 4.73. The minimum atomic E-state index is 0.626. The molecule has 2 rings (SSSR count). The third-order valence-corrected chi connectivity index (χ3v) is 3.35. The summed E-state index contributed by atoms with van der Waals surface area (Å²) >= 11 is 1.82. The highest BCUT2D eigenvalue weighted by Crippen LogP contribution is 2.33. The summed E-state index contributed by atoms with van der Waals surface area (Å²) < 4.78 is 0. The Labute approximate surface area is 83.9 Å². The minimum Gasteiger partial charge on any atom is -0.381 e. The van der Waals surface area contributed by atoms with Crippen LogP contribution >= 0.6 is 11.8 Å². The zero-order valence-electron chi connectivity index (χ0n) is 8.13. The second-order valence-corrected chi connectivity index (χ2v) is 4.43. The molecular formula is C11H15NS. The second-order valence-electron chi connectivity index (χ2n) is 3.58. The van der Waals surface area contributed by atoms with Crippen LogP contribution in [0.1, 0.15) is 18.9 Å². The molecule has 0 saturated heterocycles. The molecule has 1 N–H and O–H groups in total. The molecule has 0 fully saturated rings. The molecule has 1 aliphatic rings. The minimum absolute atomic E-state index is 0.626. The molecule has 1 aliphatic heterocycles. The van der Waals surface area contributed by atoms with E-state index in [-0.39, 0.29) is 0 Å². The first kappa shape index (κ1) is 8.95. The van der Waals surface area contributed by atoms with Gasteiger partial charge in [0.25, 0.3) is 0 Å².